The summed E-state index contributed by atoms with van der Waals surface area (Å²) in [5.74, 6) is -0.165. The van der Waals surface area contributed by atoms with Crippen LogP contribution in [-0.2, 0) is 9.53 Å². The van der Waals surface area contributed by atoms with E-state index in [4.69, 9.17) is 4.74 Å². The maximum absolute atomic E-state index is 11.3. The van der Waals surface area contributed by atoms with Crippen molar-refractivity contribution in [3.8, 4) is 0 Å². The van der Waals surface area contributed by atoms with Gasteiger partial charge in [-0.25, -0.2) is 0 Å². The standard InChI is InChI=1S/C10H19NO2/c1-7(2)8(12)11-9(13-6)10(3,4)5/h9H,1H2,2-6H3,(H,11,12). The first-order chi connectivity index (χ1) is 5.79. The average Bonchev–Trinajstić information content (AvgIpc) is 1.96. The highest BCUT2D eigenvalue weighted by molar-refractivity contribution is 5.92. The molecule has 1 amide bonds. The molecule has 0 aromatic rings. The van der Waals surface area contributed by atoms with Crippen molar-refractivity contribution < 1.29 is 9.53 Å². The molecule has 1 atom stereocenters. The second kappa shape index (κ2) is 4.42. The van der Waals surface area contributed by atoms with Crippen LogP contribution >= 0.6 is 0 Å². The fourth-order valence-corrected chi connectivity index (χ4v) is 0.871. The van der Waals surface area contributed by atoms with E-state index in [0.717, 1.165) is 0 Å². The molecule has 3 heteroatoms. The Balaban J connectivity index is 4.31. The Hall–Kier alpha value is -0.830. The Morgan fingerprint density at radius 3 is 2.15 bits per heavy atom. The van der Waals surface area contributed by atoms with Crippen LogP contribution in [-0.4, -0.2) is 19.2 Å². The summed E-state index contributed by atoms with van der Waals surface area (Å²) >= 11 is 0. The molecule has 1 unspecified atom stereocenters. The van der Waals surface area contributed by atoms with Crippen molar-refractivity contribution in [1.29, 1.82) is 0 Å². The molecule has 0 spiro atoms. The quantitative estimate of drug-likeness (QED) is 0.537. The van der Waals surface area contributed by atoms with Crippen LogP contribution in [0.5, 0.6) is 0 Å². The highest BCUT2D eigenvalue weighted by Gasteiger charge is 2.25. The average molecular weight is 185 g/mol. The molecule has 0 radical (unpaired) electrons. The van der Waals surface area contributed by atoms with Crippen molar-refractivity contribution in [1.82, 2.24) is 5.32 Å². The number of carbonyl (C=O) groups excluding carboxylic acids is 1. The summed E-state index contributed by atoms with van der Waals surface area (Å²) in [7, 11) is 1.58. The van der Waals surface area contributed by atoms with Crippen molar-refractivity contribution in [2.24, 2.45) is 5.41 Å². The molecule has 1 N–H and O–H groups in total. The summed E-state index contributed by atoms with van der Waals surface area (Å²) in [6, 6.07) is 0. The molecule has 0 aliphatic heterocycles. The van der Waals surface area contributed by atoms with Crippen molar-refractivity contribution >= 4 is 5.91 Å². The molecular weight excluding hydrogens is 166 g/mol. The third-order valence-corrected chi connectivity index (χ3v) is 1.67. The minimum atomic E-state index is -0.281. The summed E-state index contributed by atoms with van der Waals surface area (Å²) in [4.78, 5) is 11.3. The third-order valence-electron chi connectivity index (χ3n) is 1.67. The Kier molecular flexibility index (Phi) is 4.14. The number of hydrogen-bond acceptors (Lipinski definition) is 2. The first kappa shape index (κ1) is 12.2. The van der Waals surface area contributed by atoms with Gasteiger partial charge in [-0.2, -0.15) is 0 Å². The van der Waals surface area contributed by atoms with Crippen molar-refractivity contribution in [2.45, 2.75) is 33.9 Å². The Morgan fingerprint density at radius 1 is 1.46 bits per heavy atom. The molecule has 0 fully saturated rings. The van der Waals surface area contributed by atoms with Gasteiger partial charge in [0.2, 0.25) is 5.91 Å². The van der Waals surface area contributed by atoms with E-state index in [1.807, 2.05) is 20.8 Å². The molecule has 0 rings (SSSR count). The van der Waals surface area contributed by atoms with Crippen molar-refractivity contribution in [3.63, 3.8) is 0 Å². The summed E-state index contributed by atoms with van der Waals surface area (Å²) in [5.41, 5.74) is 0.381. The van der Waals surface area contributed by atoms with E-state index >= 15 is 0 Å². The van der Waals surface area contributed by atoms with Crippen LogP contribution in [0.15, 0.2) is 12.2 Å². The van der Waals surface area contributed by atoms with E-state index in [1.54, 1.807) is 14.0 Å². The predicted octanol–water partition coefficient (Wildman–Crippen LogP) is 1.70. The van der Waals surface area contributed by atoms with Gasteiger partial charge in [-0.3, -0.25) is 4.79 Å². The van der Waals surface area contributed by atoms with Crippen LogP contribution < -0.4 is 5.32 Å². The lowest BCUT2D eigenvalue weighted by Crippen LogP contribution is -2.45. The number of nitrogens with one attached hydrogen (secondary N) is 1. The topological polar surface area (TPSA) is 38.3 Å². The third kappa shape index (κ3) is 4.08. The molecule has 0 saturated carbocycles. The Labute approximate surface area is 80.2 Å². The highest BCUT2D eigenvalue weighted by atomic mass is 16.5. The van der Waals surface area contributed by atoms with Crippen LogP contribution in [0.2, 0.25) is 0 Å². The van der Waals surface area contributed by atoms with Crippen LogP contribution in [0.4, 0.5) is 0 Å². The van der Waals surface area contributed by atoms with E-state index in [1.165, 1.54) is 0 Å². The Bertz CT molecular complexity index is 203. The van der Waals surface area contributed by atoms with Crippen molar-refractivity contribution in [2.75, 3.05) is 7.11 Å². The number of ether oxygens (including phenoxy) is 1. The molecule has 0 bridgehead atoms. The lowest BCUT2D eigenvalue weighted by atomic mass is 9.94. The minimum Gasteiger partial charge on any atom is -0.361 e. The number of amides is 1. The first-order valence-electron chi connectivity index (χ1n) is 4.28. The molecule has 76 valence electrons. The van der Waals surface area contributed by atoms with Gasteiger partial charge in [0.05, 0.1) is 0 Å². The van der Waals surface area contributed by atoms with E-state index in [0.29, 0.717) is 5.57 Å². The number of rotatable bonds is 3. The van der Waals surface area contributed by atoms with Gasteiger partial charge in [0.1, 0.15) is 6.23 Å². The highest BCUT2D eigenvalue weighted by Crippen LogP contribution is 2.19. The second-order valence-corrected chi connectivity index (χ2v) is 4.24. The molecule has 0 aliphatic rings. The number of methoxy groups -OCH3 is 1. The van der Waals surface area contributed by atoms with Crippen LogP contribution in [0.3, 0.4) is 0 Å². The number of hydrogen-bond donors (Lipinski definition) is 1. The van der Waals surface area contributed by atoms with Gasteiger partial charge >= 0.3 is 0 Å². The molecule has 0 aromatic carbocycles. The smallest absolute Gasteiger partial charge is 0.248 e. The lowest BCUT2D eigenvalue weighted by Gasteiger charge is -2.29. The van der Waals surface area contributed by atoms with Crippen LogP contribution in [0.25, 0.3) is 0 Å². The maximum Gasteiger partial charge on any atom is 0.248 e. The van der Waals surface area contributed by atoms with Crippen molar-refractivity contribution in [3.05, 3.63) is 12.2 Å². The zero-order valence-corrected chi connectivity index (χ0v) is 9.10. The lowest BCUT2D eigenvalue weighted by molar-refractivity contribution is -0.124. The zero-order chi connectivity index (χ0) is 10.6. The van der Waals surface area contributed by atoms with Gasteiger partial charge in [-0.1, -0.05) is 27.4 Å². The molecule has 0 heterocycles. The van der Waals surface area contributed by atoms with Crippen LogP contribution in [0, 0.1) is 5.41 Å². The molecule has 13 heavy (non-hydrogen) atoms. The molecule has 3 nitrogen and oxygen atoms in total. The maximum atomic E-state index is 11.3. The first-order valence-corrected chi connectivity index (χ1v) is 4.28. The summed E-state index contributed by atoms with van der Waals surface area (Å²) in [5, 5.41) is 2.75. The SMILES string of the molecule is C=C(C)C(=O)NC(OC)C(C)(C)C. The van der Waals surface area contributed by atoms with Gasteiger partial charge in [-0.05, 0) is 6.92 Å². The van der Waals surface area contributed by atoms with E-state index in [9.17, 15) is 4.79 Å². The number of carbonyl (C=O) groups is 1. The summed E-state index contributed by atoms with van der Waals surface area (Å²) in [6.07, 6.45) is -0.281. The van der Waals surface area contributed by atoms with Gasteiger partial charge in [0, 0.05) is 18.1 Å². The Morgan fingerprint density at radius 2 is 1.92 bits per heavy atom. The van der Waals surface area contributed by atoms with Gasteiger partial charge in [-0.15, -0.1) is 0 Å². The monoisotopic (exact) mass is 185 g/mol. The van der Waals surface area contributed by atoms with E-state index in [-0.39, 0.29) is 17.6 Å². The van der Waals surface area contributed by atoms with Gasteiger partial charge < -0.3 is 10.1 Å². The zero-order valence-electron chi connectivity index (χ0n) is 9.10. The molecule has 0 aliphatic carbocycles. The van der Waals surface area contributed by atoms with Gasteiger partial charge in [0.15, 0.2) is 0 Å². The fourth-order valence-electron chi connectivity index (χ4n) is 0.871. The predicted molar refractivity (Wildman–Crippen MR) is 53.2 cm³/mol. The van der Waals surface area contributed by atoms with E-state index in [2.05, 4.69) is 11.9 Å². The fraction of sp³-hybridized carbons (Fsp3) is 0.700. The second-order valence-electron chi connectivity index (χ2n) is 4.24. The van der Waals surface area contributed by atoms with Crippen LogP contribution in [0.1, 0.15) is 27.7 Å². The summed E-state index contributed by atoms with van der Waals surface area (Å²) < 4.78 is 5.16. The normalized spacial score (nSPS) is 13.6. The minimum absolute atomic E-state index is 0.111. The summed E-state index contributed by atoms with van der Waals surface area (Å²) in [6.45, 7) is 11.2. The molecular formula is C10H19NO2. The molecule has 0 aromatic heterocycles. The van der Waals surface area contributed by atoms with E-state index < -0.39 is 0 Å². The largest absolute Gasteiger partial charge is 0.361 e. The molecule has 0 saturated heterocycles. The van der Waals surface area contributed by atoms with Gasteiger partial charge in [0.25, 0.3) is 0 Å².